The Morgan fingerprint density at radius 2 is 1.84 bits per heavy atom. The maximum Gasteiger partial charge on any atom is 0.243 e. The molecule has 0 saturated carbocycles. The highest BCUT2D eigenvalue weighted by Crippen LogP contribution is 2.28. The smallest absolute Gasteiger partial charge is 0.243 e. The van der Waals surface area contributed by atoms with Crippen molar-refractivity contribution in [2.24, 2.45) is 0 Å². The minimum atomic E-state index is -3.42. The van der Waals surface area contributed by atoms with Gasteiger partial charge < -0.3 is 5.32 Å². The molecule has 1 aromatic rings. The number of benzene rings is 1. The first-order valence-electron chi connectivity index (χ1n) is 6.32. The Morgan fingerprint density at radius 3 is 2.32 bits per heavy atom. The van der Waals surface area contributed by atoms with E-state index in [1.54, 1.807) is 6.07 Å². The van der Waals surface area contributed by atoms with Crippen molar-refractivity contribution >= 4 is 26.0 Å². The molecule has 0 aliphatic carbocycles. The molecule has 1 N–H and O–H groups in total. The number of halogens is 1. The van der Waals surface area contributed by atoms with E-state index in [9.17, 15) is 8.42 Å². The Morgan fingerprint density at radius 1 is 1.26 bits per heavy atom. The Kier molecular flexibility index (Phi) is 5.98. The van der Waals surface area contributed by atoms with Crippen molar-refractivity contribution in [3.8, 4) is 0 Å². The van der Waals surface area contributed by atoms with Crippen LogP contribution in [0.2, 0.25) is 0 Å². The standard InChI is InChI=1S/C13H21BrN2O2S/c1-5-16(6-2)19(17,18)13-8-11(9-15-4)7-12(14)10(13)3/h7-8,15H,5-6,9H2,1-4H3. The second-order valence-corrected chi connectivity index (χ2v) is 7.08. The van der Waals surface area contributed by atoms with E-state index in [0.29, 0.717) is 24.5 Å². The van der Waals surface area contributed by atoms with Crippen molar-refractivity contribution in [1.82, 2.24) is 9.62 Å². The van der Waals surface area contributed by atoms with Gasteiger partial charge in [-0.3, -0.25) is 0 Å². The molecular formula is C13H21BrN2O2S. The van der Waals surface area contributed by atoms with Crippen LogP contribution in [0.4, 0.5) is 0 Å². The van der Waals surface area contributed by atoms with E-state index in [1.165, 1.54) is 4.31 Å². The summed E-state index contributed by atoms with van der Waals surface area (Å²) in [5.74, 6) is 0. The Balaban J connectivity index is 3.40. The monoisotopic (exact) mass is 348 g/mol. The van der Waals surface area contributed by atoms with Crippen molar-refractivity contribution in [3.63, 3.8) is 0 Å². The molecule has 1 rings (SSSR count). The zero-order valence-corrected chi connectivity index (χ0v) is 14.2. The number of nitrogens with zero attached hydrogens (tertiary/aromatic N) is 1. The molecule has 0 radical (unpaired) electrons. The lowest BCUT2D eigenvalue weighted by atomic mass is 10.1. The average Bonchev–Trinajstić information content (AvgIpc) is 2.34. The van der Waals surface area contributed by atoms with E-state index in [2.05, 4.69) is 21.2 Å². The summed E-state index contributed by atoms with van der Waals surface area (Å²) in [6.45, 7) is 7.12. The average molecular weight is 349 g/mol. The first kappa shape index (κ1) is 16.6. The minimum Gasteiger partial charge on any atom is -0.316 e. The van der Waals surface area contributed by atoms with Crippen molar-refractivity contribution in [2.45, 2.75) is 32.2 Å². The van der Waals surface area contributed by atoms with Gasteiger partial charge in [0.1, 0.15) is 0 Å². The van der Waals surface area contributed by atoms with Gasteiger partial charge in [-0.2, -0.15) is 4.31 Å². The van der Waals surface area contributed by atoms with Gasteiger partial charge in [-0.05, 0) is 37.2 Å². The Labute approximate surface area is 124 Å². The molecule has 0 saturated heterocycles. The SMILES string of the molecule is CCN(CC)S(=O)(=O)c1cc(CNC)cc(Br)c1C. The molecule has 108 valence electrons. The predicted octanol–water partition coefficient (Wildman–Crippen LogP) is 2.51. The van der Waals surface area contributed by atoms with Gasteiger partial charge in [-0.1, -0.05) is 29.8 Å². The number of nitrogens with one attached hydrogen (secondary N) is 1. The first-order chi connectivity index (χ1) is 8.88. The number of hydrogen-bond acceptors (Lipinski definition) is 3. The first-order valence-corrected chi connectivity index (χ1v) is 8.55. The van der Waals surface area contributed by atoms with Crippen LogP contribution in [0.5, 0.6) is 0 Å². The van der Waals surface area contributed by atoms with Gasteiger partial charge in [0.15, 0.2) is 0 Å². The van der Waals surface area contributed by atoms with Crippen LogP contribution >= 0.6 is 15.9 Å². The third kappa shape index (κ3) is 3.56. The molecule has 0 aromatic heterocycles. The van der Waals surface area contributed by atoms with Crippen LogP contribution in [-0.2, 0) is 16.6 Å². The van der Waals surface area contributed by atoms with Gasteiger partial charge >= 0.3 is 0 Å². The van der Waals surface area contributed by atoms with Gasteiger partial charge in [0, 0.05) is 24.1 Å². The molecule has 0 heterocycles. The molecule has 6 heteroatoms. The Bertz CT molecular complexity index is 540. The third-order valence-electron chi connectivity index (χ3n) is 3.06. The molecule has 19 heavy (non-hydrogen) atoms. The van der Waals surface area contributed by atoms with Crippen LogP contribution < -0.4 is 5.32 Å². The number of hydrogen-bond donors (Lipinski definition) is 1. The van der Waals surface area contributed by atoms with Crippen LogP contribution in [0, 0.1) is 6.92 Å². The van der Waals surface area contributed by atoms with Gasteiger partial charge in [-0.15, -0.1) is 0 Å². The van der Waals surface area contributed by atoms with Gasteiger partial charge in [0.2, 0.25) is 10.0 Å². The van der Waals surface area contributed by atoms with E-state index >= 15 is 0 Å². The zero-order chi connectivity index (χ0) is 14.6. The lowest BCUT2D eigenvalue weighted by molar-refractivity contribution is 0.444. The lowest BCUT2D eigenvalue weighted by Crippen LogP contribution is -2.31. The molecule has 0 aliphatic heterocycles. The number of rotatable bonds is 6. The van der Waals surface area contributed by atoms with Crippen LogP contribution in [-0.4, -0.2) is 32.9 Å². The quantitative estimate of drug-likeness (QED) is 0.859. The van der Waals surface area contributed by atoms with Crippen molar-refractivity contribution in [2.75, 3.05) is 20.1 Å². The summed E-state index contributed by atoms with van der Waals surface area (Å²) in [4.78, 5) is 0.385. The van der Waals surface area contributed by atoms with Gasteiger partial charge in [-0.25, -0.2) is 8.42 Å². The predicted molar refractivity (Wildman–Crippen MR) is 81.7 cm³/mol. The van der Waals surface area contributed by atoms with Crippen LogP contribution in [0.25, 0.3) is 0 Å². The van der Waals surface area contributed by atoms with E-state index < -0.39 is 10.0 Å². The second-order valence-electron chi connectivity index (χ2n) is 4.32. The van der Waals surface area contributed by atoms with Gasteiger partial charge in [0.25, 0.3) is 0 Å². The van der Waals surface area contributed by atoms with E-state index in [4.69, 9.17) is 0 Å². The highest BCUT2D eigenvalue weighted by molar-refractivity contribution is 9.10. The summed E-state index contributed by atoms with van der Waals surface area (Å²) in [7, 11) is -1.58. The van der Waals surface area contributed by atoms with Gasteiger partial charge in [0.05, 0.1) is 4.90 Å². The summed E-state index contributed by atoms with van der Waals surface area (Å²) >= 11 is 3.44. The fraction of sp³-hybridized carbons (Fsp3) is 0.538. The molecule has 0 aliphatic rings. The number of sulfonamides is 1. The molecular weight excluding hydrogens is 328 g/mol. The maximum atomic E-state index is 12.6. The molecule has 0 unspecified atom stereocenters. The summed E-state index contributed by atoms with van der Waals surface area (Å²) < 4.78 is 27.5. The molecule has 0 bridgehead atoms. The molecule has 1 aromatic carbocycles. The lowest BCUT2D eigenvalue weighted by Gasteiger charge is -2.21. The van der Waals surface area contributed by atoms with Crippen LogP contribution in [0.15, 0.2) is 21.5 Å². The highest BCUT2D eigenvalue weighted by atomic mass is 79.9. The van der Waals surface area contributed by atoms with Crippen molar-refractivity contribution in [3.05, 3.63) is 27.7 Å². The summed E-state index contributed by atoms with van der Waals surface area (Å²) in [6.07, 6.45) is 0. The minimum absolute atomic E-state index is 0.385. The highest BCUT2D eigenvalue weighted by Gasteiger charge is 2.24. The fourth-order valence-corrected chi connectivity index (χ4v) is 4.38. The maximum absolute atomic E-state index is 12.6. The molecule has 0 amide bonds. The Hall–Kier alpha value is -0.430. The van der Waals surface area contributed by atoms with Crippen molar-refractivity contribution < 1.29 is 8.42 Å². The van der Waals surface area contributed by atoms with Crippen molar-refractivity contribution in [1.29, 1.82) is 0 Å². The summed E-state index contributed by atoms with van der Waals surface area (Å²) in [6, 6.07) is 3.71. The molecule has 0 spiro atoms. The topological polar surface area (TPSA) is 49.4 Å². The van der Waals surface area contributed by atoms with E-state index in [-0.39, 0.29) is 0 Å². The van der Waals surface area contributed by atoms with E-state index in [1.807, 2.05) is 33.9 Å². The fourth-order valence-electron chi connectivity index (χ4n) is 1.98. The zero-order valence-electron chi connectivity index (χ0n) is 11.8. The van der Waals surface area contributed by atoms with Crippen LogP contribution in [0.1, 0.15) is 25.0 Å². The summed E-state index contributed by atoms with van der Waals surface area (Å²) in [5, 5.41) is 3.04. The molecule has 0 atom stereocenters. The largest absolute Gasteiger partial charge is 0.316 e. The van der Waals surface area contributed by atoms with E-state index in [0.717, 1.165) is 15.6 Å². The van der Waals surface area contributed by atoms with Crippen LogP contribution in [0.3, 0.4) is 0 Å². The third-order valence-corrected chi connectivity index (χ3v) is 6.06. The summed E-state index contributed by atoms with van der Waals surface area (Å²) in [5.41, 5.74) is 1.71. The second kappa shape index (κ2) is 6.83. The normalized spacial score (nSPS) is 12.1. The molecule has 4 nitrogen and oxygen atoms in total. The molecule has 0 fully saturated rings.